The van der Waals surface area contributed by atoms with Crippen molar-refractivity contribution in [3.63, 3.8) is 0 Å². The van der Waals surface area contributed by atoms with Crippen molar-refractivity contribution in [2.45, 2.75) is 63.9 Å². The predicted molar refractivity (Wildman–Crippen MR) is 144 cm³/mol. The lowest BCUT2D eigenvalue weighted by Crippen LogP contribution is -2.43. The monoisotopic (exact) mass is 556 g/mol. The van der Waals surface area contributed by atoms with E-state index in [4.69, 9.17) is 11.6 Å². The van der Waals surface area contributed by atoms with E-state index in [1.807, 2.05) is 0 Å². The summed E-state index contributed by atoms with van der Waals surface area (Å²) in [6.07, 6.45) is 2.62. The molecule has 0 bridgehead atoms. The number of carbonyl (C=O) groups is 3. The van der Waals surface area contributed by atoms with E-state index in [2.05, 4.69) is 21.0 Å². The number of hydrogen-bond donors (Lipinski definition) is 4. The zero-order valence-electron chi connectivity index (χ0n) is 21.4. The Morgan fingerprint density at radius 1 is 1.21 bits per heavy atom. The molecule has 12 heteroatoms. The number of halogens is 2. The smallest absolute Gasteiger partial charge is 0.319 e. The molecule has 2 fully saturated rings. The maximum atomic E-state index is 14.2. The van der Waals surface area contributed by atoms with Crippen LogP contribution in [0.5, 0.6) is 0 Å². The van der Waals surface area contributed by atoms with E-state index in [1.54, 1.807) is 31.2 Å². The Balaban J connectivity index is 1.27. The lowest BCUT2D eigenvalue weighted by Gasteiger charge is -2.22. The third-order valence-electron chi connectivity index (χ3n) is 6.76. The molecule has 1 heterocycles. The Hall–Kier alpha value is -3.70. The van der Waals surface area contributed by atoms with Crippen molar-refractivity contribution < 1.29 is 23.9 Å². The molecule has 2 aliphatic carbocycles. The molecular formula is C27H30ClFN6O4. The van der Waals surface area contributed by atoms with E-state index in [0.29, 0.717) is 22.3 Å². The fraction of sp³-hybridized carbons (Fsp3) is 0.407. The van der Waals surface area contributed by atoms with Crippen molar-refractivity contribution in [2.24, 2.45) is 0 Å². The fourth-order valence-corrected chi connectivity index (χ4v) is 4.60. The first kappa shape index (κ1) is 26.9. The van der Waals surface area contributed by atoms with Gasteiger partial charge in [0.15, 0.2) is 0 Å². The van der Waals surface area contributed by atoms with E-state index < -0.39 is 17.8 Å². The van der Waals surface area contributed by atoms with Crippen molar-refractivity contribution in [2.75, 3.05) is 11.9 Å². The third-order valence-corrected chi connectivity index (χ3v) is 7.05. The average Bonchev–Trinajstić information content (AvgIpc) is 3.83. The van der Waals surface area contributed by atoms with Crippen LogP contribution < -0.4 is 16.0 Å². The molecule has 2 aliphatic rings. The molecule has 206 valence electrons. The lowest BCUT2D eigenvalue weighted by atomic mass is 10.1. The Labute approximate surface area is 229 Å². The van der Waals surface area contributed by atoms with Gasteiger partial charge in [0.1, 0.15) is 12.4 Å². The van der Waals surface area contributed by atoms with Gasteiger partial charge in [-0.05, 0) is 56.9 Å². The molecule has 0 radical (unpaired) electrons. The van der Waals surface area contributed by atoms with Crippen LogP contribution in [0.2, 0.25) is 5.02 Å². The van der Waals surface area contributed by atoms with Crippen LogP contribution in [0.1, 0.15) is 50.0 Å². The summed E-state index contributed by atoms with van der Waals surface area (Å²) < 4.78 is 15.7. The van der Waals surface area contributed by atoms with Crippen molar-refractivity contribution in [1.82, 2.24) is 25.3 Å². The number of aliphatic hydroxyl groups excluding tert-OH is 1. The van der Waals surface area contributed by atoms with Crippen molar-refractivity contribution in [1.29, 1.82) is 0 Å². The molecule has 0 saturated heterocycles. The average molecular weight is 557 g/mol. The quantitative estimate of drug-likeness (QED) is 0.304. The van der Waals surface area contributed by atoms with E-state index >= 15 is 0 Å². The van der Waals surface area contributed by atoms with Gasteiger partial charge in [0.25, 0.3) is 0 Å². The first-order valence-electron chi connectivity index (χ1n) is 12.9. The molecule has 10 nitrogen and oxygen atoms in total. The summed E-state index contributed by atoms with van der Waals surface area (Å²) in [5.41, 5.74) is 1.79. The zero-order chi connectivity index (χ0) is 27.7. The van der Waals surface area contributed by atoms with E-state index in [9.17, 15) is 23.9 Å². The number of hydrogen-bond acceptors (Lipinski definition) is 5. The molecule has 5 rings (SSSR count). The van der Waals surface area contributed by atoms with Gasteiger partial charge in [-0.2, -0.15) is 5.10 Å². The first-order valence-corrected chi connectivity index (χ1v) is 13.3. The summed E-state index contributed by atoms with van der Waals surface area (Å²) in [5.74, 6) is -1.30. The largest absolute Gasteiger partial charge is 0.387 e. The van der Waals surface area contributed by atoms with Gasteiger partial charge in [-0.3, -0.25) is 14.3 Å². The second-order valence-corrected chi connectivity index (χ2v) is 10.5. The minimum atomic E-state index is -0.906. The molecule has 1 unspecified atom stereocenters. The maximum absolute atomic E-state index is 14.2. The van der Waals surface area contributed by atoms with E-state index in [0.717, 1.165) is 25.7 Å². The number of aliphatic hydroxyl groups is 1. The zero-order valence-corrected chi connectivity index (χ0v) is 22.2. The maximum Gasteiger partial charge on any atom is 0.319 e. The van der Waals surface area contributed by atoms with E-state index in [-0.39, 0.29) is 54.2 Å². The number of nitrogens with zero attached hydrogens (tertiary/aromatic N) is 3. The van der Waals surface area contributed by atoms with Crippen molar-refractivity contribution >= 4 is 46.0 Å². The van der Waals surface area contributed by atoms with Crippen LogP contribution in [0, 0.1) is 5.82 Å². The third kappa shape index (κ3) is 6.48. The molecule has 4 N–H and O–H groups in total. The normalized spacial score (nSPS) is 15.6. The van der Waals surface area contributed by atoms with Crippen LogP contribution in [-0.2, 0) is 22.7 Å². The number of aromatic nitrogens is 2. The second-order valence-electron chi connectivity index (χ2n) is 10.1. The van der Waals surface area contributed by atoms with Crippen LogP contribution in [0.25, 0.3) is 10.9 Å². The van der Waals surface area contributed by atoms with Gasteiger partial charge < -0.3 is 26.0 Å². The second kappa shape index (κ2) is 11.2. The number of anilines is 1. The molecule has 0 aliphatic heterocycles. The summed E-state index contributed by atoms with van der Waals surface area (Å²) in [6.45, 7) is 1.23. The molecule has 3 aromatic rings. The minimum Gasteiger partial charge on any atom is -0.387 e. The van der Waals surface area contributed by atoms with Crippen LogP contribution in [0.15, 0.2) is 36.4 Å². The molecule has 1 atom stereocenters. The van der Waals surface area contributed by atoms with Crippen LogP contribution >= 0.6 is 11.6 Å². The highest BCUT2D eigenvalue weighted by atomic mass is 35.5. The van der Waals surface area contributed by atoms with Gasteiger partial charge in [-0.15, -0.1) is 0 Å². The molecule has 4 amide bonds. The van der Waals surface area contributed by atoms with Crippen LogP contribution in [-0.4, -0.2) is 56.3 Å². The topological polar surface area (TPSA) is 129 Å². The highest BCUT2D eigenvalue weighted by Gasteiger charge is 2.34. The summed E-state index contributed by atoms with van der Waals surface area (Å²) >= 11 is 5.81. The van der Waals surface area contributed by atoms with Gasteiger partial charge in [0.2, 0.25) is 11.8 Å². The van der Waals surface area contributed by atoms with Gasteiger partial charge in [-0.1, -0.05) is 23.7 Å². The number of rotatable bonds is 10. The van der Waals surface area contributed by atoms with Gasteiger partial charge in [0, 0.05) is 35.3 Å². The summed E-state index contributed by atoms with van der Waals surface area (Å²) in [7, 11) is 0. The Morgan fingerprint density at radius 3 is 2.67 bits per heavy atom. The van der Waals surface area contributed by atoms with Gasteiger partial charge >= 0.3 is 6.03 Å². The highest BCUT2D eigenvalue weighted by Crippen LogP contribution is 2.29. The Kier molecular flexibility index (Phi) is 7.72. The summed E-state index contributed by atoms with van der Waals surface area (Å²) in [4.78, 5) is 39.7. The highest BCUT2D eigenvalue weighted by molar-refractivity contribution is 6.30. The molecule has 1 aromatic heterocycles. The number of urea groups is 1. The molecule has 2 aromatic carbocycles. The molecule has 2 saturated carbocycles. The molecule has 0 spiro atoms. The lowest BCUT2D eigenvalue weighted by molar-refractivity contribution is -0.137. The number of nitrogens with one attached hydrogen (secondary N) is 3. The van der Waals surface area contributed by atoms with Crippen molar-refractivity contribution in [3.05, 3.63) is 58.5 Å². The van der Waals surface area contributed by atoms with Gasteiger partial charge in [-0.25, -0.2) is 9.18 Å². The standard InChI is InChI=1S/C27H30ClFN6O4/c1-15(36)26-20-11-18(32-27(39)31-17-5-6-17)7-10-22(20)35(33-26)14-24(38)34(19-8-9-19)13-23(37)30-12-16-3-2-4-21(28)25(16)29/h2-4,7,10-11,15,17,19,36H,5-6,8-9,12-14H2,1H3,(H,30,37)(H2,31,32,39). The summed E-state index contributed by atoms with van der Waals surface area (Å²) in [5, 5.41) is 23.7. The van der Waals surface area contributed by atoms with Crippen LogP contribution in [0.4, 0.5) is 14.9 Å². The van der Waals surface area contributed by atoms with E-state index in [1.165, 1.54) is 21.7 Å². The number of benzene rings is 2. The SMILES string of the molecule is CC(O)c1nn(CC(=O)N(CC(=O)NCc2cccc(Cl)c2F)C2CC2)c2ccc(NC(=O)NC3CC3)cc12. The van der Waals surface area contributed by atoms with Crippen molar-refractivity contribution in [3.8, 4) is 0 Å². The Morgan fingerprint density at radius 2 is 1.97 bits per heavy atom. The first-order chi connectivity index (χ1) is 18.7. The number of carbonyl (C=O) groups excluding carboxylic acids is 3. The summed E-state index contributed by atoms with van der Waals surface area (Å²) in [6, 6.07) is 9.61. The number of fused-ring (bicyclic) bond motifs is 1. The van der Waals surface area contributed by atoms with Gasteiger partial charge in [0.05, 0.1) is 28.9 Å². The fourth-order valence-electron chi connectivity index (χ4n) is 4.41. The molecular weight excluding hydrogens is 527 g/mol. The minimum absolute atomic E-state index is 0.0241. The number of amides is 4. The molecule has 39 heavy (non-hydrogen) atoms. The van der Waals surface area contributed by atoms with Crippen LogP contribution in [0.3, 0.4) is 0 Å². The Bertz CT molecular complexity index is 1420. The predicted octanol–water partition coefficient (Wildman–Crippen LogP) is 3.47.